The second kappa shape index (κ2) is 9.37. The van der Waals surface area contributed by atoms with Gasteiger partial charge in [0.05, 0.1) is 20.6 Å². The van der Waals surface area contributed by atoms with E-state index >= 15 is 0 Å². The summed E-state index contributed by atoms with van der Waals surface area (Å²) in [5.41, 5.74) is 2.23. The number of hydrogen-bond acceptors (Lipinski definition) is 4. The summed E-state index contributed by atoms with van der Waals surface area (Å²) in [5, 5.41) is 1.57. The van der Waals surface area contributed by atoms with Crippen molar-refractivity contribution in [1.82, 2.24) is 9.71 Å². The van der Waals surface area contributed by atoms with Gasteiger partial charge in [0, 0.05) is 18.3 Å². The molecular formula is C26H25FN2O3S2. The van der Waals surface area contributed by atoms with E-state index in [1.54, 1.807) is 42.5 Å². The third-order valence-corrected chi connectivity index (χ3v) is 8.62. The normalized spacial score (nSPS) is 13.2. The number of benzene rings is 3. The summed E-state index contributed by atoms with van der Waals surface area (Å²) in [6.45, 7) is 5.63. The molecule has 176 valence electrons. The Morgan fingerprint density at radius 3 is 2.26 bits per heavy atom. The molecule has 0 amide bonds. The highest BCUT2D eigenvalue weighted by molar-refractivity contribution is 7.91. The summed E-state index contributed by atoms with van der Waals surface area (Å²) in [6, 6.07) is 20.2. The molecule has 0 aliphatic rings. The smallest absolute Gasteiger partial charge is 0.224 e. The fraction of sp³-hybridized carbons (Fsp3) is 0.192. The van der Waals surface area contributed by atoms with Crippen LogP contribution in [0, 0.1) is 5.82 Å². The molecule has 1 aromatic heterocycles. The first-order valence-corrected chi connectivity index (χ1v) is 13.3. The molecule has 0 radical (unpaired) electrons. The van der Waals surface area contributed by atoms with Gasteiger partial charge in [0.2, 0.25) is 9.84 Å². The molecule has 1 atom stereocenters. The van der Waals surface area contributed by atoms with Crippen molar-refractivity contribution in [2.45, 2.75) is 42.0 Å². The van der Waals surface area contributed by atoms with E-state index in [0.717, 1.165) is 21.9 Å². The van der Waals surface area contributed by atoms with E-state index in [0.29, 0.717) is 5.56 Å². The molecule has 1 N–H and O–H groups in total. The minimum Gasteiger partial charge on any atom is -0.244 e. The summed E-state index contributed by atoms with van der Waals surface area (Å²) in [4.78, 5) is 4.28. The third-order valence-electron chi connectivity index (χ3n) is 5.35. The van der Waals surface area contributed by atoms with E-state index in [4.69, 9.17) is 0 Å². The summed E-state index contributed by atoms with van der Waals surface area (Å²) in [7, 11) is -5.25. The second-order valence-corrected chi connectivity index (χ2v) is 12.8. The van der Waals surface area contributed by atoms with Crippen LogP contribution in [-0.4, -0.2) is 22.4 Å². The molecule has 4 rings (SSSR count). The van der Waals surface area contributed by atoms with Crippen LogP contribution in [0.2, 0.25) is 0 Å². The Bertz CT molecular complexity index is 1480. The largest absolute Gasteiger partial charge is 0.244 e. The second-order valence-electron chi connectivity index (χ2n) is 8.90. The Morgan fingerprint density at radius 2 is 1.56 bits per heavy atom. The van der Waals surface area contributed by atoms with Gasteiger partial charge in [0.1, 0.15) is 5.82 Å². The lowest BCUT2D eigenvalue weighted by atomic mass is 10.0. The monoisotopic (exact) mass is 496 g/mol. The Balaban J connectivity index is 1.67. The predicted octanol–water partition coefficient (Wildman–Crippen LogP) is 5.43. The highest BCUT2D eigenvalue weighted by Crippen LogP contribution is 2.29. The molecule has 0 fully saturated rings. The molecule has 8 heteroatoms. The Labute approximate surface area is 201 Å². The fourth-order valence-electron chi connectivity index (χ4n) is 3.48. The van der Waals surface area contributed by atoms with Crippen LogP contribution in [0.25, 0.3) is 21.9 Å². The molecule has 0 bridgehead atoms. The number of halogens is 1. The van der Waals surface area contributed by atoms with Crippen molar-refractivity contribution >= 4 is 31.6 Å². The summed E-state index contributed by atoms with van der Waals surface area (Å²) in [5.74, 6) is -0.298. The van der Waals surface area contributed by atoms with E-state index in [9.17, 15) is 17.0 Å². The van der Waals surface area contributed by atoms with Crippen molar-refractivity contribution < 1.29 is 17.0 Å². The zero-order chi connectivity index (χ0) is 24.5. The number of nitrogens with zero attached hydrogens (tertiary/aromatic N) is 1. The maximum absolute atomic E-state index is 13.5. The number of aromatic nitrogens is 1. The molecule has 3 aromatic carbocycles. The van der Waals surface area contributed by atoms with Crippen LogP contribution in [0.4, 0.5) is 4.39 Å². The van der Waals surface area contributed by atoms with Crippen LogP contribution in [0.15, 0.2) is 88.9 Å². The molecule has 0 saturated carbocycles. The lowest BCUT2D eigenvalue weighted by molar-refractivity contribution is 0.589. The van der Waals surface area contributed by atoms with Crippen LogP contribution in [0.3, 0.4) is 0 Å². The van der Waals surface area contributed by atoms with Gasteiger partial charge >= 0.3 is 0 Å². The molecule has 4 aromatic rings. The van der Waals surface area contributed by atoms with E-state index in [1.165, 1.54) is 18.3 Å². The van der Waals surface area contributed by atoms with Gasteiger partial charge in [-0.05, 0) is 79.1 Å². The molecular weight excluding hydrogens is 471 g/mol. The van der Waals surface area contributed by atoms with Crippen LogP contribution in [-0.2, 0) is 27.4 Å². The standard InChI is InChI=1S/C26H25FN2O3S2/c1-26(2,3)33(30)29-17-22-5-4-14-28-25(22)34(31,32)24-13-10-20-15-19(6-7-21(20)16-24)18-8-11-23(27)12-9-18/h4-16,29H,17H2,1-3H3. The molecule has 34 heavy (non-hydrogen) atoms. The lowest BCUT2D eigenvalue weighted by Crippen LogP contribution is -2.33. The third kappa shape index (κ3) is 5.09. The van der Waals surface area contributed by atoms with Gasteiger partial charge < -0.3 is 0 Å². The van der Waals surface area contributed by atoms with Crippen molar-refractivity contribution in [3.63, 3.8) is 0 Å². The number of sulfone groups is 1. The number of nitrogens with one attached hydrogen (secondary N) is 1. The molecule has 0 spiro atoms. The molecule has 0 aliphatic heterocycles. The van der Waals surface area contributed by atoms with E-state index < -0.39 is 25.6 Å². The first-order chi connectivity index (χ1) is 16.1. The number of rotatable bonds is 6. The van der Waals surface area contributed by atoms with Crippen LogP contribution < -0.4 is 4.72 Å². The average Bonchev–Trinajstić information content (AvgIpc) is 2.82. The minimum atomic E-state index is -3.90. The van der Waals surface area contributed by atoms with Gasteiger partial charge in [-0.1, -0.05) is 36.4 Å². The van der Waals surface area contributed by atoms with Gasteiger partial charge in [-0.2, -0.15) is 0 Å². The van der Waals surface area contributed by atoms with Crippen LogP contribution in [0.5, 0.6) is 0 Å². The van der Waals surface area contributed by atoms with Gasteiger partial charge in [-0.25, -0.2) is 26.7 Å². The summed E-state index contributed by atoms with van der Waals surface area (Å²) < 4.78 is 55.0. The Kier molecular flexibility index (Phi) is 6.66. The zero-order valence-corrected chi connectivity index (χ0v) is 20.7. The van der Waals surface area contributed by atoms with Crippen molar-refractivity contribution in [1.29, 1.82) is 0 Å². The van der Waals surface area contributed by atoms with E-state index in [1.807, 2.05) is 39.0 Å². The summed E-state index contributed by atoms with van der Waals surface area (Å²) in [6.07, 6.45) is 1.44. The van der Waals surface area contributed by atoms with Crippen molar-refractivity contribution in [3.05, 3.63) is 90.4 Å². The average molecular weight is 497 g/mol. The first kappa shape index (κ1) is 24.2. The van der Waals surface area contributed by atoms with Crippen molar-refractivity contribution in [3.8, 4) is 11.1 Å². The van der Waals surface area contributed by atoms with Gasteiger partial charge in [0.25, 0.3) is 0 Å². The zero-order valence-electron chi connectivity index (χ0n) is 19.1. The lowest BCUT2D eigenvalue weighted by Gasteiger charge is -2.18. The quantitative estimate of drug-likeness (QED) is 0.386. The number of fused-ring (bicyclic) bond motifs is 1. The van der Waals surface area contributed by atoms with Crippen LogP contribution in [0.1, 0.15) is 26.3 Å². The van der Waals surface area contributed by atoms with Crippen molar-refractivity contribution in [2.75, 3.05) is 0 Å². The SMILES string of the molecule is CC(C)(C)S(=O)NCc1cccnc1S(=O)(=O)c1ccc2cc(-c3ccc(F)cc3)ccc2c1. The van der Waals surface area contributed by atoms with Crippen LogP contribution >= 0.6 is 0 Å². The molecule has 0 saturated heterocycles. The maximum atomic E-state index is 13.5. The Morgan fingerprint density at radius 1 is 0.912 bits per heavy atom. The van der Waals surface area contributed by atoms with Gasteiger partial charge in [-0.15, -0.1) is 0 Å². The van der Waals surface area contributed by atoms with E-state index in [2.05, 4.69) is 9.71 Å². The van der Waals surface area contributed by atoms with E-state index in [-0.39, 0.29) is 22.3 Å². The topological polar surface area (TPSA) is 76.1 Å². The predicted molar refractivity (Wildman–Crippen MR) is 134 cm³/mol. The van der Waals surface area contributed by atoms with Crippen molar-refractivity contribution in [2.24, 2.45) is 0 Å². The molecule has 1 unspecified atom stereocenters. The van der Waals surface area contributed by atoms with Gasteiger partial charge in [0.15, 0.2) is 5.03 Å². The maximum Gasteiger partial charge on any atom is 0.224 e. The number of pyridine rings is 1. The highest BCUT2D eigenvalue weighted by atomic mass is 32.2. The van der Waals surface area contributed by atoms with Gasteiger partial charge in [-0.3, -0.25) is 0 Å². The Hall–Kier alpha value is -2.94. The number of hydrogen-bond donors (Lipinski definition) is 1. The molecule has 0 aliphatic carbocycles. The first-order valence-electron chi connectivity index (χ1n) is 10.7. The molecule has 5 nitrogen and oxygen atoms in total. The summed E-state index contributed by atoms with van der Waals surface area (Å²) >= 11 is 0. The molecule has 1 heterocycles. The minimum absolute atomic E-state index is 0.0595. The fourth-order valence-corrected chi connectivity index (χ4v) is 5.64. The highest BCUT2D eigenvalue weighted by Gasteiger charge is 2.25.